The minimum atomic E-state index is 0.454. The Morgan fingerprint density at radius 3 is 2.16 bits per heavy atom. The van der Waals surface area contributed by atoms with Gasteiger partial charge in [0.1, 0.15) is 0 Å². The fraction of sp³-hybridized carbons (Fsp3) is 0.667. The smallest absolute Gasteiger partial charge is 0.0347 e. The monoisotopic (exact) mass is 257 g/mol. The Morgan fingerprint density at radius 2 is 1.68 bits per heavy atom. The van der Waals surface area contributed by atoms with E-state index in [0.29, 0.717) is 16.9 Å². The lowest BCUT2D eigenvalue weighted by atomic mass is 9.69. The number of hydrogen-bond donors (Lipinski definition) is 1. The van der Waals surface area contributed by atoms with Crippen molar-refractivity contribution in [2.45, 2.75) is 59.9 Å². The van der Waals surface area contributed by atoms with Crippen LogP contribution < -0.4 is 5.32 Å². The van der Waals surface area contributed by atoms with Gasteiger partial charge in [-0.2, -0.15) is 0 Å². The molecule has 2 saturated carbocycles. The zero-order chi connectivity index (χ0) is 13.8. The van der Waals surface area contributed by atoms with Gasteiger partial charge in [-0.05, 0) is 73.1 Å². The van der Waals surface area contributed by atoms with Gasteiger partial charge in [0.25, 0.3) is 0 Å². The van der Waals surface area contributed by atoms with E-state index in [1.807, 2.05) is 0 Å². The van der Waals surface area contributed by atoms with E-state index in [0.717, 1.165) is 5.92 Å². The molecule has 3 atom stereocenters. The fourth-order valence-electron chi connectivity index (χ4n) is 4.68. The zero-order valence-corrected chi connectivity index (χ0v) is 13.0. The van der Waals surface area contributed by atoms with E-state index in [9.17, 15) is 0 Å². The summed E-state index contributed by atoms with van der Waals surface area (Å²) < 4.78 is 0. The van der Waals surface area contributed by atoms with Gasteiger partial charge >= 0.3 is 0 Å². The second-order valence-corrected chi connectivity index (χ2v) is 7.68. The molecule has 3 unspecified atom stereocenters. The maximum absolute atomic E-state index is 3.85. The van der Waals surface area contributed by atoms with Gasteiger partial charge in [0.15, 0.2) is 0 Å². The number of anilines is 1. The van der Waals surface area contributed by atoms with E-state index < -0.39 is 0 Å². The van der Waals surface area contributed by atoms with Gasteiger partial charge in [-0.1, -0.05) is 26.8 Å². The van der Waals surface area contributed by atoms with Crippen LogP contribution in [0.1, 0.15) is 51.2 Å². The van der Waals surface area contributed by atoms with Crippen LogP contribution in [0.15, 0.2) is 18.2 Å². The topological polar surface area (TPSA) is 12.0 Å². The van der Waals surface area contributed by atoms with Crippen LogP contribution in [0.2, 0.25) is 0 Å². The number of fused-ring (bicyclic) bond motifs is 2. The van der Waals surface area contributed by atoms with Crippen molar-refractivity contribution in [1.82, 2.24) is 0 Å². The van der Waals surface area contributed by atoms with Crippen LogP contribution in [0.3, 0.4) is 0 Å². The van der Waals surface area contributed by atoms with Crippen molar-refractivity contribution in [3.05, 3.63) is 29.3 Å². The summed E-state index contributed by atoms with van der Waals surface area (Å²) in [6, 6.07) is 7.46. The van der Waals surface area contributed by atoms with Crippen LogP contribution in [0, 0.1) is 30.6 Å². The molecule has 0 amide bonds. The van der Waals surface area contributed by atoms with Crippen molar-refractivity contribution in [3.8, 4) is 0 Å². The summed E-state index contributed by atoms with van der Waals surface area (Å²) in [5.41, 5.74) is 4.97. The number of hydrogen-bond acceptors (Lipinski definition) is 1. The SMILES string of the molecule is Cc1cc(C)cc(NC2CC3CCC2(C)C3(C)C)c1. The highest BCUT2D eigenvalue weighted by atomic mass is 15.0. The normalized spacial score (nSPS) is 35.6. The Morgan fingerprint density at radius 1 is 1.05 bits per heavy atom. The molecule has 0 heterocycles. The summed E-state index contributed by atoms with van der Waals surface area (Å²) in [5, 5.41) is 3.85. The van der Waals surface area contributed by atoms with Crippen LogP contribution in [-0.4, -0.2) is 6.04 Å². The quantitative estimate of drug-likeness (QED) is 0.792. The summed E-state index contributed by atoms with van der Waals surface area (Å²) >= 11 is 0. The molecule has 1 aromatic carbocycles. The molecule has 0 saturated heterocycles. The molecule has 2 fully saturated rings. The second-order valence-electron chi connectivity index (χ2n) is 7.68. The number of benzene rings is 1. The van der Waals surface area contributed by atoms with Crippen LogP contribution in [0.25, 0.3) is 0 Å². The third kappa shape index (κ3) is 1.81. The molecule has 3 rings (SSSR count). The van der Waals surface area contributed by atoms with Crippen LogP contribution in [0.5, 0.6) is 0 Å². The molecule has 0 radical (unpaired) electrons. The van der Waals surface area contributed by atoms with Gasteiger partial charge in [0, 0.05) is 11.7 Å². The average molecular weight is 257 g/mol. The van der Waals surface area contributed by atoms with E-state index in [2.05, 4.69) is 58.1 Å². The highest BCUT2D eigenvalue weighted by Gasteiger charge is 2.61. The lowest BCUT2D eigenvalue weighted by Crippen LogP contribution is -2.40. The molecular formula is C18H27N. The van der Waals surface area contributed by atoms with Gasteiger partial charge in [-0.15, -0.1) is 0 Å². The third-order valence-corrected chi connectivity index (χ3v) is 6.36. The predicted octanol–water partition coefficient (Wildman–Crippen LogP) is 4.93. The van der Waals surface area contributed by atoms with Crippen molar-refractivity contribution in [2.75, 3.05) is 5.32 Å². The number of aryl methyl sites for hydroxylation is 2. The summed E-state index contributed by atoms with van der Waals surface area (Å²) in [6.07, 6.45) is 4.15. The van der Waals surface area contributed by atoms with Crippen LogP contribution in [-0.2, 0) is 0 Å². The van der Waals surface area contributed by atoms with E-state index in [4.69, 9.17) is 0 Å². The van der Waals surface area contributed by atoms with E-state index >= 15 is 0 Å². The molecule has 1 aromatic rings. The molecule has 19 heavy (non-hydrogen) atoms. The first-order valence-corrected chi connectivity index (χ1v) is 7.68. The minimum Gasteiger partial charge on any atom is -0.382 e. The first-order chi connectivity index (χ1) is 8.83. The highest BCUT2D eigenvalue weighted by molar-refractivity contribution is 5.50. The molecule has 104 valence electrons. The molecule has 2 aliphatic rings. The molecule has 1 N–H and O–H groups in total. The average Bonchev–Trinajstić information content (AvgIpc) is 2.60. The summed E-state index contributed by atoms with van der Waals surface area (Å²) in [6.45, 7) is 11.8. The number of nitrogens with one attached hydrogen (secondary N) is 1. The molecular weight excluding hydrogens is 230 g/mol. The van der Waals surface area contributed by atoms with Crippen molar-refractivity contribution < 1.29 is 0 Å². The standard InChI is InChI=1S/C18H27N/c1-12-8-13(2)10-15(9-12)19-16-11-14-6-7-18(16,5)17(14,3)4/h8-10,14,16,19H,6-7,11H2,1-5H3. The van der Waals surface area contributed by atoms with Gasteiger partial charge in [-0.3, -0.25) is 0 Å². The molecule has 2 aliphatic carbocycles. The summed E-state index contributed by atoms with van der Waals surface area (Å²) in [4.78, 5) is 0. The fourth-order valence-corrected chi connectivity index (χ4v) is 4.68. The zero-order valence-electron chi connectivity index (χ0n) is 13.0. The van der Waals surface area contributed by atoms with Gasteiger partial charge in [0.05, 0.1) is 0 Å². The lowest BCUT2D eigenvalue weighted by molar-refractivity contribution is 0.142. The minimum absolute atomic E-state index is 0.454. The largest absolute Gasteiger partial charge is 0.382 e. The second kappa shape index (κ2) is 4.01. The summed E-state index contributed by atoms with van der Waals surface area (Å²) in [7, 11) is 0. The Labute approximate surface area is 117 Å². The predicted molar refractivity (Wildman–Crippen MR) is 82.6 cm³/mol. The molecule has 0 spiro atoms. The molecule has 2 bridgehead atoms. The molecule has 1 nitrogen and oxygen atoms in total. The van der Waals surface area contributed by atoms with E-state index in [1.54, 1.807) is 0 Å². The Hall–Kier alpha value is -0.980. The van der Waals surface area contributed by atoms with Crippen molar-refractivity contribution in [1.29, 1.82) is 0 Å². The molecule has 1 heteroatoms. The summed E-state index contributed by atoms with van der Waals surface area (Å²) in [5.74, 6) is 0.904. The van der Waals surface area contributed by atoms with E-state index in [1.165, 1.54) is 36.1 Å². The van der Waals surface area contributed by atoms with Crippen molar-refractivity contribution in [2.24, 2.45) is 16.7 Å². The Bertz CT molecular complexity index is 482. The molecule has 0 aliphatic heterocycles. The maximum atomic E-state index is 3.85. The van der Waals surface area contributed by atoms with Gasteiger partial charge in [0.2, 0.25) is 0 Å². The lowest BCUT2D eigenvalue weighted by Gasteiger charge is -2.40. The maximum Gasteiger partial charge on any atom is 0.0347 e. The Kier molecular flexibility index (Phi) is 2.75. The van der Waals surface area contributed by atoms with Crippen LogP contribution in [0.4, 0.5) is 5.69 Å². The highest BCUT2D eigenvalue weighted by Crippen LogP contribution is 2.65. The number of rotatable bonds is 2. The third-order valence-electron chi connectivity index (χ3n) is 6.36. The van der Waals surface area contributed by atoms with Crippen molar-refractivity contribution >= 4 is 5.69 Å². The van der Waals surface area contributed by atoms with Crippen LogP contribution >= 0.6 is 0 Å². The van der Waals surface area contributed by atoms with Gasteiger partial charge < -0.3 is 5.32 Å². The van der Waals surface area contributed by atoms with E-state index in [-0.39, 0.29) is 0 Å². The Balaban J connectivity index is 1.86. The molecule has 0 aromatic heterocycles. The van der Waals surface area contributed by atoms with Crippen molar-refractivity contribution in [3.63, 3.8) is 0 Å². The van der Waals surface area contributed by atoms with Gasteiger partial charge in [-0.25, -0.2) is 0 Å². The first-order valence-electron chi connectivity index (χ1n) is 7.68. The first kappa shape index (κ1) is 13.0.